The summed E-state index contributed by atoms with van der Waals surface area (Å²) in [5, 5.41) is 40.4. The number of rotatable bonds is 5. The number of aromatic nitrogens is 4. The van der Waals surface area contributed by atoms with Crippen molar-refractivity contribution in [3.05, 3.63) is 36.7 Å². The lowest BCUT2D eigenvalue weighted by Crippen LogP contribution is -2.33. The van der Waals surface area contributed by atoms with Gasteiger partial charge in [0.2, 0.25) is 0 Å². The van der Waals surface area contributed by atoms with E-state index in [0.717, 1.165) is 5.76 Å². The third-order valence-corrected chi connectivity index (χ3v) is 4.20. The van der Waals surface area contributed by atoms with Crippen LogP contribution in [0.1, 0.15) is 12.0 Å². The summed E-state index contributed by atoms with van der Waals surface area (Å²) in [5.74, 6) is 1.20. The van der Waals surface area contributed by atoms with Gasteiger partial charge in [-0.15, -0.1) is 5.10 Å². The van der Waals surface area contributed by atoms with Gasteiger partial charge in [-0.3, -0.25) is 4.57 Å². The van der Waals surface area contributed by atoms with Crippen molar-refractivity contribution in [1.29, 1.82) is 0 Å². The molecule has 4 atom stereocenters. The highest BCUT2D eigenvalue weighted by atomic mass is 16.6. The summed E-state index contributed by atoms with van der Waals surface area (Å²) in [6.07, 6.45) is 0.450. The van der Waals surface area contributed by atoms with E-state index in [2.05, 4.69) is 20.5 Å². The van der Waals surface area contributed by atoms with Crippen LogP contribution in [0, 0.1) is 0 Å². The van der Waals surface area contributed by atoms with Crippen LogP contribution in [0.5, 0.6) is 0 Å². The largest absolute Gasteiger partial charge is 0.467 e. The Hall–Kier alpha value is -2.53. The highest BCUT2D eigenvalue weighted by Gasteiger charge is 2.43. The zero-order chi connectivity index (χ0) is 17.4. The lowest BCUT2D eigenvalue weighted by Gasteiger charge is -2.16. The number of ether oxygens (including phenoxy) is 1. The molecule has 4 N–H and O–H groups in total. The van der Waals surface area contributed by atoms with E-state index in [0.29, 0.717) is 23.4 Å². The zero-order valence-corrected chi connectivity index (χ0v) is 13.1. The lowest BCUT2D eigenvalue weighted by molar-refractivity contribution is -0.0509. The van der Waals surface area contributed by atoms with Crippen LogP contribution in [0.4, 0.5) is 5.82 Å². The summed E-state index contributed by atoms with van der Waals surface area (Å²) in [5.41, 5.74) is 1.12. The zero-order valence-electron chi connectivity index (χ0n) is 13.1. The summed E-state index contributed by atoms with van der Waals surface area (Å²) >= 11 is 0. The molecule has 3 aromatic rings. The maximum atomic E-state index is 10.2. The molecule has 0 aliphatic carbocycles. The Bertz CT molecular complexity index is 851. The summed E-state index contributed by atoms with van der Waals surface area (Å²) in [4.78, 5) is 4.31. The number of imidazole rings is 1. The molecule has 3 aromatic heterocycles. The predicted octanol–water partition coefficient (Wildman–Crippen LogP) is -0.357. The lowest BCUT2D eigenvalue weighted by atomic mass is 10.1. The number of hydrogen-bond acceptors (Lipinski definition) is 9. The fraction of sp³-hybridized carbons (Fsp3) is 0.400. The molecule has 1 aliphatic rings. The first-order valence-electron chi connectivity index (χ1n) is 7.76. The third-order valence-electron chi connectivity index (χ3n) is 4.20. The first-order chi connectivity index (χ1) is 12.2. The van der Waals surface area contributed by atoms with Crippen molar-refractivity contribution >= 4 is 16.9 Å². The van der Waals surface area contributed by atoms with Crippen molar-refractivity contribution < 1.29 is 24.5 Å². The van der Waals surface area contributed by atoms with Gasteiger partial charge in [0.1, 0.15) is 29.6 Å². The summed E-state index contributed by atoms with van der Waals surface area (Å²) in [6, 6.07) is 3.62. The maximum absolute atomic E-state index is 10.2. The minimum atomic E-state index is -1.19. The molecule has 1 saturated heterocycles. The predicted molar refractivity (Wildman–Crippen MR) is 84.4 cm³/mol. The quantitative estimate of drug-likeness (QED) is 0.487. The van der Waals surface area contributed by atoms with Crippen LogP contribution in [0.3, 0.4) is 0 Å². The third kappa shape index (κ3) is 2.74. The highest BCUT2D eigenvalue weighted by molar-refractivity contribution is 5.85. The smallest absolute Gasteiger partial charge is 0.177 e. The summed E-state index contributed by atoms with van der Waals surface area (Å²) in [7, 11) is 0. The fourth-order valence-electron chi connectivity index (χ4n) is 2.89. The first-order valence-corrected chi connectivity index (χ1v) is 7.76. The van der Waals surface area contributed by atoms with Gasteiger partial charge in [0.15, 0.2) is 12.0 Å². The van der Waals surface area contributed by atoms with Crippen LogP contribution in [0.2, 0.25) is 0 Å². The van der Waals surface area contributed by atoms with Crippen LogP contribution in [-0.4, -0.2) is 60.0 Å². The molecule has 1 aliphatic heterocycles. The Morgan fingerprint density at radius 1 is 1.28 bits per heavy atom. The molecule has 0 spiro atoms. The Labute approximate surface area is 141 Å². The SMILES string of the molecule is OC[C@H]1O[C@@H](n2cnc3c(NCc4ccco4)nncc32)[C@H](O)[C@@H]1O. The second-order valence-corrected chi connectivity index (χ2v) is 5.74. The van der Waals surface area contributed by atoms with Gasteiger partial charge < -0.3 is 29.8 Å². The number of aliphatic hydroxyl groups excluding tert-OH is 3. The molecule has 0 aromatic carbocycles. The van der Waals surface area contributed by atoms with Crippen molar-refractivity contribution in [2.24, 2.45) is 0 Å². The Kier molecular flexibility index (Phi) is 4.09. The molecular formula is C15H17N5O5. The van der Waals surface area contributed by atoms with Gasteiger partial charge in [0.25, 0.3) is 0 Å². The highest BCUT2D eigenvalue weighted by Crippen LogP contribution is 2.32. The van der Waals surface area contributed by atoms with Crippen molar-refractivity contribution in [2.75, 3.05) is 11.9 Å². The molecule has 4 rings (SSSR count). The molecule has 25 heavy (non-hydrogen) atoms. The Balaban J connectivity index is 1.63. The molecule has 10 heteroatoms. The molecule has 0 bridgehead atoms. The number of nitrogens with zero attached hydrogens (tertiary/aromatic N) is 4. The molecule has 0 saturated carbocycles. The van der Waals surface area contributed by atoms with E-state index in [4.69, 9.17) is 9.15 Å². The topological polar surface area (TPSA) is 139 Å². The average Bonchev–Trinajstić information content (AvgIpc) is 3.34. The van der Waals surface area contributed by atoms with Gasteiger partial charge in [-0.25, -0.2) is 4.98 Å². The minimum Gasteiger partial charge on any atom is -0.467 e. The van der Waals surface area contributed by atoms with Crippen molar-refractivity contribution in [3.63, 3.8) is 0 Å². The van der Waals surface area contributed by atoms with Crippen LogP contribution in [-0.2, 0) is 11.3 Å². The number of aliphatic hydroxyl groups is 3. The fourth-order valence-corrected chi connectivity index (χ4v) is 2.89. The van der Waals surface area contributed by atoms with E-state index in [1.807, 2.05) is 6.07 Å². The minimum absolute atomic E-state index is 0.392. The summed E-state index contributed by atoms with van der Waals surface area (Å²) < 4.78 is 12.4. The van der Waals surface area contributed by atoms with E-state index in [1.54, 1.807) is 16.9 Å². The maximum Gasteiger partial charge on any atom is 0.177 e. The molecule has 4 heterocycles. The van der Waals surface area contributed by atoms with Crippen molar-refractivity contribution in [2.45, 2.75) is 31.1 Å². The molecule has 0 amide bonds. The van der Waals surface area contributed by atoms with Gasteiger partial charge in [0, 0.05) is 0 Å². The Morgan fingerprint density at radius 3 is 2.88 bits per heavy atom. The van der Waals surface area contributed by atoms with E-state index >= 15 is 0 Å². The standard InChI is InChI=1S/C15H17N5O5/c21-6-10-12(22)13(23)15(25-10)20-7-17-11-9(20)5-18-19-14(11)16-4-8-2-1-3-24-8/h1-3,5,7,10,12-13,15,21-23H,4,6H2,(H,16,19)/t10-,12-,13-,15-/m1/s1. The molecule has 0 unspecified atom stereocenters. The normalized spacial score (nSPS) is 26.4. The van der Waals surface area contributed by atoms with E-state index < -0.39 is 31.1 Å². The molecular weight excluding hydrogens is 330 g/mol. The number of nitrogens with one attached hydrogen (secondary N) is 1. The van der Waals surface area contributed by atoms with Crippen LogP contribution in [0.15, 0.2) is 35.3 Å². The van der Waals surface area contributed by atoms with Gasteiger partial charge in [0.05, 0.1) is 37.5 Å². The number of anilines is 1. The van der Waals surface area contributed by atoms with Crippen molar-refractivity contribution in [1.82, 2.24) is 19.7 Å². The average molecular weight is 347 g/mol. The monoisotopic (exact) mass is 347 g/mol. The number of hydrogen-bond donors (Lipinski definition) is 4. The second-order valence-electron chi connectivity index (χ2n) is 5.74. The number of furan rings is 1. The van der Waals surface area contributed by atoms with E-state index in [1.165, 1.54) is 12.5 Å². The second kappa shape index (κ2) is 6.41. The molecule has 1 fully saturated rings. The van der Waals surface area contributed by atoms with Crippen LogP contribution in [0.25, 0.3) is 11.0 Å². The summed E-state index contributed by atoms with van der Waals surface area (Å²) in [6.45, 7) is 0.0264. The van der Waals surface area contributed by atoms with Gasteiger partial charge in [-0.05, 0) is 12.1 Å². The molecule has 132 valence electrons. The van der Waals surface area contributed by atoms with Gasteiger partial charge in [-0.1, -0.05) is 0 Å². The molecule has 0 radical (unpaired) electrons. The van der Waals surface area contributed by atoms with Crippen LogP contribution < -0.4 is 5.32 Å². The van der Waals surface area contributed by atoms with Crippen molar-refractivity contribution in [3.8, 4) is 0 Å². The van der Waals surface area contributed by atoms with Gasteiger partial charge >= 0.3 is 0 Å². The first kappa shape index (κ1) is 16.0. The Morgan fingerprint density at radius 2 is 2.16 bits per heavy atom. The van der Waals surface area contributed by atoms with Gasteiger partial charge in [-0.2, -0.15) is 5.10 Å². The van der Waals surface area contributed by atoms with E-state index in [-0.39, 0.29) is 0 Å². The van der Waals surface area contributed by atoms with E-state index in [9.17, 15) is 15.3 Å². The van der Waals surface area contributed by atoms with Crippen LogP contribution >= 0.6 is 0 Å². The number of fused-ring (bicyclic) bond motifs is 1. The molecule has 10 nitrogen and oxygen atoms in total.